The van der Waals surface area contributed by atoms with Crippen LogP contribution in [0.3, 0.4) is 0 Å². The third kappa shape index (κ3) is 3.70. The minimum atomic E-state index is -0.534. The van der Waals surface area contributed by atoms with E-state index in [1.54, 1.807) is 56.7 Å². The van der Waals surface area contributed by atoms with Crippen LogP contribution in [0.4, 0.5) is 0 Å². The molecule has 9 heteroatoms. The van der Waals surface area contributed by atoms with Gasteiger partial charge in [0, 0.05) is 25.5 Å². The van der Waals surface area contributed by atoms with Crippen LogP contribution in [0.1, 0.15) is 29.3 Å². The molecule has 0 saturated carbocycles. The van der Waals surface area contributed by atoms with Crippen LogP contribution in [-0.2, 0) is 7.05 Å². The van der Waals surface area contributed by atoms with E-state index < -0.39 is 6.04 Å². The molecule has 1 unspecified atom stereocenters. The standard InChI is InChI=1S/C20H17N7O2/c1-12(24-20(29)16-6-5-13-15(25-16)4-3-8-22-13)19-26-17(10-18(28)27(19)2)14-7-9-21-11-23-14/h3-12H,1-2H3,(H,24,29). The molecule has 4 aromatic heterocycles. The molecule has 29 heavy (non-hydrogen) atoms. The summed E-state index contributed by atoms with van der Waals surface area (Å²) in [6, 6.07) is 9.44. The predicted octanol–water partition coefficient (Wildman–Crippen LogP) is 1.67. The Balaban J connectivity index is 1.63. The fourth-order valence-corrected chi connectivity index (χ4v) is 2.94. The van der Waals surface area contributed by atoms with Gasteiger partial charge < -0.3 is 5.32 Å². The number of amides is 1. The van der Waals surface area contributed by atoms with Crippen LogP contribution in [0.25, 0.3) is 22.4 Å². The summed E-state index contributed by atoms with van der Waals surface area (Å²) in [6.07, 6.45) is 4.63. The normalized spacial score (nSPS) is 11.9. The topological polar surface area (TPSA) is 116 Å². The highest BCUT2D eigenvalue weighted by atomic mass is 16.2. The molecule has 0 radical (unpaired) electrons. The number of nitrogens with zero attached hydrogens (tertiary/aromatic N) is 6. The molecule has 0 fully saturated rings. The summed E-state index contributed by atoms with van der Waals surface area (Å²) in [5.41, 5.74) is 2.29. The number of hydrogen-bond acceptors (Lipinski definition) is 7. The molecule has 4 aromatic rings. The van der Waals surface area contributed by atoms with Gasteiger partial charge in [0.1, 0.15) is 17.8 Å². The number of hydrogen-bond donors (Lipinski definition) is 1. The van der Waals surface area contributed by atoms with Crippen LogP contribution < -0.4 is 10.9 Å². The summed E-state index contributed by atoms with van der Waals surface area (Å²) in [5.74, 6) is 0.0341. The van der Waals surface area contributed by atoms with Crippen molar-refractivity contribution in [2.24, 2.45) is 7.05 Å². The lowest BCUT2D eigenvalue weighted by atomic mass is 10.2. The Hall–Kier alpha value is -4.01. The fourth-order valence-electron chi connectivity index (χ4n) is 2.94. The maximum Gasteiger partial charge on any atom is 0.270 e. The van der Waals surface area contributed by atoms with Gasteiger partial charge in [-0.3, -0.25) is 19.1 Å². The average Bonchev–Trinajstić information content (AvgIpc) is 2.75. The van der Waals surface area contributed by atoms with Crippen molar-refractivity contribution in [3.63, 3.8) is 0 Å². The number of aromatic nitrogens is 6. The maximum atomic E-state index is 12.7. The van der Waals surface area contributed by atoms with Crippen molar-refractivity contribution >= 4 is 16.9 Å². The molecule has 1 N–H and O–H groups in total. The zero-order chi connectivity index (χ0) is 20.4. The zero-order valence-corrected chi connectivity index (χ0v) is 15.8. The molecule has 9 nitrogen and oxygen atoms in total. The molecule has 0 aliphatic heterocycles. The Bertz CT molecular complexity index is 1250. The van der Waals surface area contributed by atoms with Crippen LogP contribution in [0.2, 0.25) is 0 Å². The summed E-state index contributed by atoms with van der Waals surface area (Å²) in [6.45, 7) is 1.76. The highest BCUT2D eigenvalue weighted by Gasteiger charge is 2.18. The van der Waals surface area contributed by atoms with Gasteiger partial charge in [0.05, 0.1) is 28.5 Å². The van der Waals surface area contributed by atoms with Gasteiger partial charge >= 0.3 is 0 Å². The minimum Gasteiger partial charge on any atom is -0.341 e. The molecule has 4 rings (SSSR count). The van der Waals surface area contributed by atoms with Crippen molar-refractivity contribution < 1.29 is 4.79 Å². The van der Waals surface area contributed by atoms with Crippen molar-refractivity contribution in [2.45, 2.75) is 13.0 Å². The first kappa shape index (κ1) is 18.4. The number of rotatable bonds is 4. The molecule has 0 saturated heterocycles. The van der Waals surface area contributed by atoms with E-state index >= 15 is 0 Å². The summed E-state index contributed by atoms with van der Waals surface area (Å²) in [7, 11) is 1.61. The average molecular weight is 387 g/mol. The van der Waals surface area contributed by atoms with Gasteiger partial charge in [-0.15, -0.1) is 0 Å². The Morgan fingerprint density at radius 1 is 1.03 bits per heavy atom. The van der Waals surface area contributed by atoms with Crippen LogP contribution in [-0.4, -0.2) is 35.4 Å². The van der Waals surface area contributed by atoms with Crippen molar-refractivity contribution in [1.29, 1.82) is 0 Å². The maximum absolute atomic E-state index is 12.7. The quantitative estimate of drug-likeness (QED) is 0.566. The van der Waals surface area contributed by atoms with Crippen molar-refractivity contribution in [1.82, 2.24) is 34.8 Å². The van der Waals surface area contributed by atoms with E-state index in [9.17, 15) is 9.59 Å². The lowest BCUT2D eigenvalue weighted by Gasteiger charge is -2.17. The van der Waals surface area contributed by atoms with Gasteiger partial charge in [0.2, 0.25) is 0 Å². The van der Waals surface area contributed by atoms with E-state index in [4.69, 9.17) is 0 Å². The van der Waals surface area contributed by atoms with E-state index in [0.29, 0.717) is 28.2 Å². The lowest BCUT2D eigenvalue weighted by Crippen LogP contribution is -2.33. The number of pyridine rings is 2. The highest BCUT2D eigenvalue weighted by molar-refractivity contribution is 5.94. The second-order valence-electron chi connectivity index (χ2n) is 6.42. The first-order valence-corrected chi connectivity index (χ1v) is 8.90. The van der Waals surface area contributed by atoms with Crippen molar-refractivity contribution in [3.05, 3.63) is 77.0 Å². The van der Waals surface area contributed by atoms with Crippen molar-refractivity contribution in [2.75, 3.05) is 0 Å². The molecular formula is C20H17N7O2. The monoisotopic (exact) mass is 387 g/mol. The third-order valence-corrected chi connectivity index (χ3v) is 4.44. The minimum absolute atomic E-state index is 0.250. The van der Waals surface area contributed by atoms with Crippen LogP contribution in [0.15, 0.2) is 59.9 Å². The van der Waals surface area contributed by atoms with Gasteiger partial charge in [0.15, 0.2) is 0 Å². The van der Waals surface area contributed by atoms with E-state index in [1.807, 2.05) is 0 Å². The van der Waals surface area contributed by atoms with Crippen molar-refractivity contribution in [3.8, 4) is 11.4 Å². The SMILES string of the molecule is CC(NC(=O)c1ccc2ncccc2n1)c1nc(-c2ccncn2)cc(=O)n1C. The molecule has 0 aliphatic rings. The summed E-state index contributed by atoms with van der Waals surface area (Å²) >= 11 is 0. The molecule has 0 aromatic carbocycles. The second kappa shape index (κ2) is 7.55. The molecule has 0 aliphatic carbocycles. The van der Waals surface area contributed by atoms with Crippen LogP contribution in [0, 0.1) is 0 Å². The van der Waals surface area contributed by atoms with E-state index in [0.717, 1.165) is 0 Å². The second-order valence-corrected chi connectivity index (χ2v) is 6.42. The smallest absolute Gasteiger partial charge is 0.270 e. The summed E-state index contributed by atoms with van der Waals surface area (Å²) in [5, 5.41) is 2.85. The summed E-state index contributed by atoms with van der Waals surface area (Å²) < 4.78 is 1.40. The molecule has 1 atom stereocenters. The molecule has 144 valence electrons. The summed E-state index contributed by atoms with van der Waals surface area (Å²) in [4.78, 5) is 46.2. The number of nitrogens with one attached hydrogen (secondary N) is 1. The fraction of sp³-hybridized carbons (Fsp3) is 0.150. The Labute approximate surface area is 165 Å². The molecule has 0 spiro atoms. The molecular weight excluding hydrogens is 370 g/mol. The Kier molecular flexibility index (Phi) is 4.78. The highest BCUT2D eigenvalue weighted by Crippen LogP contribution is 2.16. The van der Waals surface area contributed by atoms with Crippen LogP contribution >= 0.6 is 0 Å². The molecule has 0 bridgehead atoms. The molecule has 4 heterocycles. The Morgan fingerprint density at radius 2 is 1.90 bits per heavy atom. The Morgan fingerprint density at radius 3 is 2.69 bits per heavy atom. The third-order valence-electron chi connectivity index (χ3n) is 4.44. The number of carbonyl (C=O) groups is 1. The zero-order valence-electron chi connectivity index (χ0n) is 15.8. The van der Waals surface area contributed by atoms with Gasteiger partial charge in [-0.05, 0) is 37.3 Å². The van der Waals surface area contributed by atoms with Gasteiger partial charge in [0.25, 0.3) is 11.5 Å². The lowest BCUT2D eigenvalue weighted by molar-refractivity contribution is 0.0933. The first-order valence-electron chi connectivity index (χ1n) is 8.90. The van der Waals surface area contributed by atoms with E-state index in [-0.39, 0.29) is 17.2 Å². The van der Waals surface area contributed by atoms with E-state index in [1.165, 1.54) is 17.0 Å². The molecule has 1 amide bonds. The van der Waals surface area contributed by atoms with Gasteiger partial charge in [-0.25, -0.2) is 19.9 Å². The van der Waals surface area contributed by atoms with Gasteiger partial charge in [-0.2, -0.15) is 0 Å². The largest absolute Gasteiger partial charge is 0.341 e. The van der Waals surface area contributed by atoms with Gasteiger partial charge in [-0.1, -0.05) is 0 Å². The predicted molar refractivity (Wildman–Crippen MR) is 106 cm³/mol. The first-order chi connectivity index (χ1) is 14.0. The number of carbonyl (C=O) groups excluding carboxylic acids is 1. The van der Waals surface area contributed by atoms with Crippen LogP contribution in [0.5, 0.6) is 0 Å². The van der Waals surface area contributed by atoms with E-state index in [2.05, 4.69) is 30.2 Å². The number of fused-ring (bicyclic) bond motifs is 1.